The van der Waals surface area contributed by atoms with Crippen LogP contribution in [0.1, 0.15) is 46.5 Å². The maximum absolute atomic E-state index is 9.37. The maximum atomic E-state index is 9.37. The first-order valence-electron chi connectivity index (χ1n) is 3.43. The summed E-state index contributed by atoms with van der Waals surface area (Å²) >= 11 is 0. The summed E-state index contributed by atoms with van der Waals surface area (Å²) in [5.41, 5.74) is -0.321. The average Bonchev–Trinajstić information content (AvgIpc) is 1.65. The predicted octanol–water partition coefficient (Wildman–Crippen LogP) is 2.34. The van der Waals surface area contributed by atoms with Gasteiger partial charge in [-0.05, 0) is 19.8 Å². The van der Waals surface area contributed by atoms with Gasteiger partial charge in [0.15, 0.2) is 0 Å². The first-order valence-corrected chi connectivity index (χ1v) is 3.43. The number of hydrogen-bond acceptors (Lipinski definition) is 1. The Bertz CT molecular complexity index is 68.6. The zero-order valence-corrected chi connectivity index (χ0v) is 5.48. The van der Waals surface area contributed by atoms with Crippen molar-refractivity contribution in [1.29, 1.82) is 0 Å². The number of hydrogen-bond donors (Lipinski definition) is 1. The van der Waals surface area contributed by atoms with E-state index < -0.39 is 0 Å². The van der Waals surface area contributed by atoms with Gasteiger partial charge in [-0.2, -0.15) is 0 Å². The van der Waals surface area contributed by atoms with Gasteiger partial charge in [-0.15, -0.1) is 0 Å². The van der Waals surface area contributed by atoms with E-state index >= 15 is 0 Å². The van der Waals surface area contributed by atoms with E-state index in [4.69, 9.17) is 0 Å². The Balaban J connectivity index is 0.000000640. The van der Waals surface area contributed by atoms with Crippen LogP contribution in [0.5, 0.6) is 0 Å². The van der Waals surface area contributed by atoms with Gasteiger partial charge in [-0.25, -0.2) is 0 Å². The first-order chi connectivity index (χ1) is 3.71. The van der Waals surface area contributed by atoms with E-state index in [1.807, 2.05) is 6.92 Å². The topological polar surface area (TPSA) is 20.2 Å². The maximum Gasteiger partial charge on any atom is 0.0619 e. The van der Waals surface area contributed by atoms with Crippen LogP contribution in [0.2, 0.25) is 0 Å². The lowest BCUT2D eigenvalue weighted by atomic mass is 9.87. The van der Waals surface area contributed by atoms with E-state index in [-0.39, 0.29) is 13.0 Å². The molecule has 0 atom stereocenters. The highest BCUT2D eigenvalue weighted by molar-refractivity contribution is 4.76. The molecule has 56 valence electrons. The fourth-order valence-electron chi connectivity index (χ4n) is 1.31. The van der Waals surface area contributed by atoms with Crippen LogP contribution in [0.4, 0.5) is 0 Å². The van der Waals surface area contributed by atoms with Crippen LogP contribution in [0.3, 0.4) is 0 Å². The standard InChI is InChI=1S/C7H14O.CH4/c1-7(8)5-3-2-4-6-7;/h8H,2-6H2,1H3;1H4. The van der Waals surface area contributed by atoms with Crippen molar-refractivity contribution < 1.29 is 5.11 Å². The van der Waals surface area contributed by atoms with Crippen molar-refractivity contribution in [1.82, 2.24) is 0 Å². The lowest BCUT2D eigenvalue weighted by Crippen LogP contribution is -2.26. The number of rotatable bonds is 0. The van der Waals surface area contributed by atoms with Gasteiger partial charge in [0.05, 0.1) is 5.60 Å². The Kier molecular flexibility index (Phi) is 3.20. The second-order valence-corrected chi connectivity index (χ2v) is 3.06. The minimum absolute atomic E-state index is 0. The molecule has 9 heavy (non-hydrogen) atoms. The minimum Gasteiger partial charge on any atom is -0.390 e. The van der Waals surface area contributed by atoms with Gasteiger partial charge < -0.3 is 5.11 Å². The van der Waals surface area contributed by atoms with Gasteiger partial charge in [0.1, 0.15) is 0 Å². The molecule has 0 aromatic rings. The largest absolute Gasteiger partial charge is 0.390 e. The molecule has 0 heterocycles. The molecule has 1 saturated carbocycles. The normalized spacial score (nSPS) is 24.7. The van der Waals surface area contributed by atoms with Gasteiger partial charge in [-0.1, -0.05) is 26.7 Å². The van der Waals surface area contributed by atoms with Crippen molar-refractivity contribution in [3.05, 3.63) is 0 Å². The van der Waals surface area contributed by atoms with Crippen LogP contribution in [0, 0.1) is 0 Å². The van der Waals surface area contributed by atoms with Crippen LogP contribution in [-0.4, -0.2) is 10.7 Å². The summed E-state index contributed by atoms with van der Waals surface area (Å²) in [5, 5.41) is 9.37. The Morgan fingerprint density at radius 2 is 1.56 bits per heavy atom. The molecule has 0 aliphatic heterocycles. The fraction of sp³-hybridized carbons (Fsp3) is 1.00. The smallest absolute Gasteiger partial charge is 0.0619 e. The zero-order valence-electron chi connectivity index (χ0n) is 5.48. The Hall–Kier alpha value is -0.0400. The summed E-state index contributed by atoms with van der Waals surface area (Å²) in [4.78, 5) is 0. The molecule has 0 aromatic carbocycles. The molecular weight excluding hydrogens is 112 g/mol. The summed E-state index contributed by atoms with van der Waals surface area (Å²) in [5.74, 6) is 0. The van der Waals surface area contributed by atoms with Crippen LogP contribution in [0.15, 0.2) is 0 Å². The van der Waals surface area contributed by atoms with Gasteiger partial charge >= 0.3 is 0 Å². The van der Waals surface area contributed by atoms with Gasteiger partial charge in [-0.3, -0.25) is 0 Å². The van der Waals surface area contributed by atoms with Crippen LogP contribution in [-0.2, 0) is 0 Å². The molecule has 1 aliphatic rings. The van der Waals surface area contributed by atoms with Crippen molar-refractivity contribution in [3.8, 4) is 0 Å². The SMILES string of the molecule is C.CC1(O)CCCCC1. The van der Waals surface area contributed by atoms with Gasteiger partial charge in [0.2, 0.25) is 0 Å². The second kappa shape index (κ2) is 3.21. The molecular formula is C8H18O. The van der Waals surface area contributed by atoms with E-state index in [1.54, 1.807) is 0 Å². The lowest BCUT2D eigenvalue weighted by molar-refractivity contribution is 0.0225. The summed E-state index contributed by atoms with van der Waals surface area (Å²) < 4.78 is 0. The lowest BCUT2D eigenvalue weighted by Gasteiger charge is -2.27. The van der Waals surface area contributed by atoms with Crippen LogP contribution >= 0.6 is 0 Å². The molecule has 0 amide bonds. The molecule has 0 spiro atoms. The van der Waals surface area contributed by atoms with E-state index in [0.29, 0.717) is 0 Å². The molecule has 1 heteroatoms. The van der Waals surface area contributed by atoms with Crippen molar-refractivity contribution in [2.75, 3.05) is 0 Å². The van der Waals surface area contributed by atoms with E-state index in [2.05, 4.69) is 0 Å². The summed E-state index contributed by atoms with van der Waals surface area (Å²) in [7, 11) is 0. The molecule has 1 aliphatic carbocycles. The molecule has 1 rings (SSSR count). The summed E-state index contributed by atoms with van der Waals surface area (Å²) in [6.07, 6.45) is 5.76. The fourth-order valence-corrected chi connectivity index (χ4v) is 1.31. The number of aliphatic hydroxyl groups is 1. The van der Waals surface area contributed by atoms with E-state index in [9.17, 15) is 5.11 Å². The Morgan fingerprint density at radius 1 is 1.11 bits per heavy atom. The van der Waals surface area contributed by atoms with Gasteiger partial charge in [0, 0.05) is 0 Å². The van der Waals surface area contributed by atoms with Crippen molar-refractivity contribution in [2.24, 2.45) is 0 Å². The van der Waals surface area contributed by atoms with E-state index in [0.717, 1.165) is 12.8 Å². The predicted molar refractivity (Wildman–Crippen MR) is 40.4 cm³/mol. The Labute approximate surface area is 58.1 Å². The highest BCUT2D eigenvalue weighted by atomic mass is 16.3. The molecule has 1 fully saturated rings. The summed E-state index contributed by atoms with van der Waals surface area (Å²) in [6, 6.07) is 0. The third-order valence-electron chi connectivity index (χ3n) is 1.93. The highest BCUT2D eigenvalue weighted by Gasteiger charge is 2.22. The van der Waals surface area contributed by atoms with Crippen LogP contribution in [0.25, 0.3) is 0 Å². The molecule has 0 unspecified atom stereocenters. The quantitative estimate of drug-likeness (QED) is 0.533. The van der Waals surface area contributed by atoms with Crippen molar-refractivity contribution in [3.63, 3.8) is 0 Å². The highest BCUT2D eigenvalue weighted by Crippen LogP contribution is 2.26. The third-order valence-corrected chi connectivity index (χ3v) is 1.93. The molecule has 0 bridgehead atoms. The molecule has 0 saturated heterocycles. The first kappa shape index (κ1) is 8.96. The molecule has 1 N–H and O–H groups in total. The van der Waals surface area contributed by atoms with Crippen LogP contribution < -0.4 is 0 Å². The second-order valence-electron chi connectivity index (χ2n) is 3.06. The van der Waals surface area contributed by atoms with Crippen molar-refractivity contribution in [2.45, 2.75) is 52.1 Å². The summed E-state index contributed by atoms with van der Waals surface area (Å²) in [6.45, 7) is 1.94. The molecule has 0 aromatic heterocycles. The van der Waals surface area contributed by atoms with Gasteiger partial charge in [0.25, 0.3) is 0 Å². The minimum atomic E-state index is -0.321. The molecule has 1 nitrogen and oxygen atoms in total. The molecule has 0 radical (unpaired) electrons. The van der Waals surface area contributed by atoms with E-state index in [1.165, 1.54) is 19.3 Å². The monoisotopic (exact) mass is 130 g/mol. The Morgan fingerprint density at radius 3 is 1.78 bits per heavy atom. The zero-order chi connectivity index (χ0) is 6.04. The third kappa shape index (κ3) is 2.85. The average molecular weight is 130 g/mol. The van der Waals surface area contributed by atoms with Crippen molar-refractivity contribution >= 4 is 0 Å².